The zero-order chi connectivity index (χ0) is 42.0. The number of rotatable bonds is 24. The van der Waals surface area contributed by atoms with Crippen molar-refractivity contribution in [3.63, 3.8) is 0 Å². The number of hydrogen-bond acceptors (Lipinski definition) is 13. The van der Waals surface area contributed by atoms with E-state index in [2.05, 4.69) is 15.3 Å². The van der Waals surface area contributed by atoms with Crippen LogP contribution in [0.2, 0.25) is 0 Å². The molecule has 0 aliphatic carbocycles. The highest BCUT2D eigenvalue weighted by Crippen LogP contribution is 2.31. The first-order valence-corrected chi connectivity index (χ1v) is 19.1. The number of benzene rings is 2. The number of nitrogens with zero attached hydrogens (tertiary/aromatic N) is 3. The van der Waals surface area contributed by atoms with Gasteiger partial charge in [-0.3, -0.25) is 4.98 Å². The summed E-state index contributed by atoms with van der Waals surface area (Å²) in [5, 5.41) is 22.4. The summed E-state index contributed by atoms with van der Waals surface area (Å²) in [5.74, 6) is -1.68. The van der Waals surface area contributed by atoms with Crippen LogP contribution >= 0.6 is 0 Å². The molecule has 16 heteroatoms. The van der Waals surface area contributed by atoms with Crippen molar-refractivity contribution in [1.82, 2.24) is 14.5 Å². The molecule has 3 aromatic heterocycles. The van der Waals surface area contributed by atoms with Gasteiger partial charge in [0.05, 0.1) is 94.6 Å². The number of carboxylic acid groups (broad SMARTS) is 2. The van der Waals surface area contributed by atoms with Crippen LogP contribution < -0.4 is 10.1 Å². The van der Waals surface area contributed by atoms with E-state index in [0.717, 1.165) is 33.6 Å². The van der Waals surface area contributed by atoms with Gasteiger partial charge < -0.3 is 48.7 Å². The molecule has 0 saturated heterocycles. The van der Waals surface area contributed by atoms with Crippen molar-refractivity contribution in [2.75, 3.05) is 84.5 Å². The van der Waals surface area contributed by atoms with Crippen molar-refractivity contribution < 1.29 is 57.8 Å². The molecule has 5 aromatic rings. The number of ether oxygens (including phenoxy) is 7. The van der Waals surface area contributed by atoms with Crippen LogP contribution in [0.1, 0.15) is 41.5 Å². The van der Waals surface area contributed by atoms with E-state index in [0.29, 0.717) is 71.5 Å². The first-order valence-electron chi connectivity index (χ1n) is 19.1. The second kappa shape index (κ2) is 22.3. The molecule has 0 radical (unpaired) electrons. The Bertz CT molecular complexity index is 2110. The van der Waals surface area contributed by atoms with Crippen LogP contribution in [0.25, 0.3) is 33.3 Å². The molecule has 0 fully saturated rings. The zero-order valence-corrected chi connectivity index (χ0v) is 33.4. The summed E-state index contributed by atoms with van der Waals surface area (Å²) >= 11 is 0. The van der Waals surface area contributed by atoms with Crippen LogP contribution in [0, 0.1) is 0 Å². The minimum atomic E-state index is -1.34. The summed E-state index contributed by atoms with van der Waals surface area (Å²) in [4.78, 5) is 44.4. The second-order valence-electron chi connectivity index (χ2n) is 13.9. The number of carboxylic acids is 2. The number of hydrogen-bond donors (Lipinski definition) is 3. The minimum Gasteiger partial charge on any atom is -0.491 e. The molecule has 3 N–H and O–H groups in total. The van der Waals surface area contributed by atoms with Crippen LogP contribution in [-0.2, 0) is 28.4 Å². The summed E-state index contributed by atoms with van der Waals surface area (Å²) in [6.07, 6.45) is 4.73. The standard InChI is InChI=1S/C43H50N4O12/c1-43(2,3)59-42(52)47-37(26-32-12-13-44-29-38(32)47)31-6-4-30(5-7-31)33-8-11-39(46-28-33)45-14-15-53-16-17-54-18-19-55-20-21-56-22-23-57-24-25-58-34-9-10-35(40(48)49)36(27-34)41(50)51/h4-13,26-29H,14-25H2,1-3H3,(H,45,46)(H,48,49)(H,50,51). The molecule has 0 spiro atoms. The highest BCUT2D eigenvalue weighted by Gasteiger charge is 2.23. The Morgan fingerprint density at radius 1 is 0.644 bits per heavy atom. The quantitative estimate of drug-likeness (QED) is 0.0569. The lowest BCUT2D eigenvalue weighted by molar-refractivity contribution is -0.0121. The number of nitrogens with one attached hydrogen (secondary N) is 1. The molecule has 2 aromatic carbocycles. The maximum atomic E-state index is 13.2. The van der Waals surface area contributed by atoms with Gasteiger partial charge in [-0.05, 0) is 74.4 Å². The van der Waals surface area contributed by atoms with Gasteiger partial charge in [-0.25, -0.2) is 23.9 Å². The number of carbonyl (C=O) groups is 3. The van der Waals surface area contributed by atoms with Gasteiger partial charge in [0.15, 0.2) is 0 Å². The normalized spacial score (nSPS) is 11.4. The molecule has 0 aliphatic rings. The fraction of sp³-hybridized carbons (Fsp3) is 0.372. The van der Waals surface area contributed by atoms with Gasteiger partial charge in [0.1, 0.15) is 23.8 Å². The molecule has 0 atom stereocenters. The highest BCUT2D eigenvalue weighted by atomic mass is 16.6. The van der Waals surface area contributed by atoms with Crippen LogP contribution in [0.5, 0.6) is 5.75 Å². The molecule has 0 aliphatic heterocycles. The summed E-state index contributed by atoms with van der Waals surface area (Å²) in [6.45, 7) is 10.3. The fourth-order valence-electron chi connectivity index (χ4n) is 5.69. The fourth-order valence-corrected chi connectivity index (χ4v) is 5.69. The first-order chi connectivity index (χ1) is 28.5. The molecule has 59 heavy (non-hydrogen) atoms. The van der Waals surface area contributed by atoms with E-state index in [1.165, 1.54) is 18.2 Å². The summed E-state index contributed by atoms with van der Waals surface area (Å²) < 4.78 is 40.3. The van der Waals surface area contributed by atoms with E-state index in [9.17, 15) is 19.5 Å². The molecular formula is C43H50N4O12. The van der Waals surface area contributed by atoms with E-state index in [1.807, 2.05) is 75.5 Å². The summed E-state index contributed by atoms with van der Waals surface area (Å²) in [6, 6.07) is 19.5. The zero-order valence-electron chi connectivity index (χ0n) is 33.4. The van der Waals surface area contributed by atoms with E-state index in [1.54, 1.807) is 17.0 Å². The van der Waals surface area contributed by atoms with Crippen molar-refractivity contribution in [2.24, 2.45) is 0 Å². The average Bonchev–Trinajstić information content (AvgIpc) is 3.61. The summed E-state index contributed by atoms with van der Waals surface area (Å²) in [7, 11) is 0. The molecule has 0 saturated carbocycles. The van der Waals surface area contributed by atoms with Crippen LogP contribution in [0.4, 0.5) is 10.6 Å². The van der Waals surface area contributed by atoms with E-state index >= 15 is 0 Å². The Hall–Kier alpha value is -5.91. The maximum Gasteiger partial charge on any atom is 0.419 e. The van der Waals surface area contributed by atoms with Crippen molar-refractivity contribution in [2.45, 2.75) is 26.4 Å². The van der Waals surface area contributed by atoms with Gasteiger partial charge in [-0.2, -0.15) is 0 Å². The molecule has 0 amide bonds. The Morgan fingerprint density at radius 3 is 1.80 bits per heavy atom. The third kappa shape index (κ3) is 13.9. The molecule has 3 heterocycles. The number of carbonyl (C=O) groups excluding carboxylic acids is 1. The van der Waals surface area contributed by atoms with Gasteiger partial charge in [-0.1, -0.05) is 24.3 Å². The Morgan fingerprint density at radius 2 is 1.22 bits per heavy atom. The molecule has 314 valence electrons. The minimum absolute atomic E-state index is 0.164. The molecule has 16 nitrogen and oxygen atoms in total. The largest absolute Gasteiger partial charge is 0.491 e. The Balaban J connectivity index is 0.869. The van der Waals surface area contributed by atoms with E-state index < -0.39 is 23.6 Å². The SMILES string of the molecule is CC(C)(C)OC(=O)n1c(-c2ccc(-c3ccc(NCCOCCOCCOCCOCCOCCOc4ccc(C(=O)O)c(C(=O)O)c4)nc3)cc2)cc2ccncc21. The lowest BCUT2D eigenvalue weighted by Gasteiger charge is -2.21. The molecular weight excluding hydrogens is 764 g/mol. The molecule has 0 unspecified atom stereocenters. The lowest BCUT2D eigenvalue weighted by atomic mass is 10.0. The number of anilines is 1. The summed E-state index contributed by atoms with van der Waals surface area (Å²) in [5.41, 5.74) is 2.95. The predicted molar refractivity (Wildman–Crippen MR) is 218 cm³/mol. The third-order valence-electron chi connectivity index (χ3n) is 8.45. The second-order valence-corrected chi connectivity index (χ2v) is 13.9. The van der Waals surface area contributed by atoms with Gasteiger partial charge in [0, 0.05) is 29.9 Å². The predicted octanol–water partition coefficient (Wildman–Crippen LogP) is 6.52. The van der Waals surface area contributed by atoms with Crippen molar-refractivity contribution in [1.29, 1.82) is 0 Å². The van der Waals surface area contributed by atoms with Crippen molar-refractivity contribution in [3.8, 4) is 28.1 Å². The van der Waals surface area contributed by atoms with Crippen LogP contribution in [0.3, 0.4) is 0 Å². The molecule has 0 bridgehead atoms. The van der Waals surface area contributed by atoms with Gasteiger partial charge >= 0.3 is 18.0 Å². The van der Waals surface area contributed by atoms with Gasteiger partial charge in [0.2, 0.25) is 0 Å². The smallest absolute Gasteiger partial charge is 0.419 e. The lowest BCUT2D eigenvalue weighted by Crippen LogP contribution is -2.27. The first kappa shape index (κ1) is 44.2. The monoisotopic (exact) mass is 814 g/mol. The number of aromatic nitrogens is 3. The maximum absolute atomic E-state index is 13.2. The van der Waals surface area contributed by atoms with Crippen molar-refractivity contribution >= 4 is 34.8 Å². The number of aromatic carboxylic acids is 2. The highest BCUT2D eigenvalue weighted by molar-refractivity contribution is 6.02. The van der Waals surface area contributed by atoms with Crippen LogP contribution in [-0.4, -0.2) is 128 Å². The van der Waals surface area contributed by atoms with Gasteiger partial charge in [-0.15, -0.1) is 0 Å². The van der Waals surface area contributed by atoms with E-state index in [-0.39, 0.29) is 30.1 Å². The Kier molecular flexibility index (Phi) is 16.7. The third-order valence-corrected chi connectivity index (χ3v) is 8.45. The average molecular weight is 815 g/mol. The van der Waals surface area contributed by atoms with Gasteiger partial charge in [0.25, 0.3) is 0 Å². The molecule has 5 rings (SSSR count). The van der Waals surface area contributed by atoms with Crippen molar-refractivity contribution in [3.05, 3.63) is 96.4 Å². The number of fused-ring (bicyclic) bond motifs is 1. The number of pyridine rings is 2. The van der Waals surface area contributed by atoms with E-state index in [4.69, 9.17) is 38.3 Å². The van der Waals surface area contributed by atoms with Crippen LogP contribution in [0.15, 0.2) is 85.3 Å². The Labute approximate surface area is 341 Å². The topological polar surface area (TPSA) is 199 Å².